The van der Waals surface area contributed by atoms with E-state index in [0.717, 1.165) is 51.4 Å². The van der Waals surface area contributed by atoms with E-state index < -0.39 is 10.0 Å². The van der Waals surface area contributed by atoms with Crippen molar-refractivity contribution in [1.29, 1.82) is 0 Å². The summed E-state index contributed by atoms with van der Waals surface area (Å²) in [7, 11) is -3.10. The molecule has 1 heterocycles. The van der Waals surface area contributed by atoms with Crippen LogP contribution in [0, 0.1) is 11.8 Å². The first-order valence-electron chi connectivity index (χ1n) is 7.75. The molecule has 0 aromatic rings. The first-order valence-corrected chi connectivity index (χ1v) is 9.36. The van der Waals surface area contributed by atoms with Gasteiger partial charge in [-0.3, -0.25) is 0 Å². The van der Waals surface area contributed by atoms with E-state index in [9.17, 15) is 13.5 Å². The fraction of sp³-hybridized carbons (Fsp3) is 1.00. The molecule has 0 radical (unpaired) electrons. The molecule has 0 bridgehead atoms. The molecule has 2 aliphatic carbocycles. The van der Waals surface area contributed by atoms with Gasteiger partial charge in [0.05, 0.1) is 11.9 Å². The minimum absolute atomic E-state index is 0.0686. The lowest BCUT2D eigenvalue weighted by Gasteiger charge is -2.36. The Labute approximate surface area is 116 Å². The Kier molecular flexibility index (Phi) is 3.89. The van der Waals surface area contributed by atoms with Crippen LogP contribution in [0.5, 0.6) is 0 Å². The smallest absolute Gasteiger partial charge is 0.214 e. The van der Waals surface area contributed by atoms with Crippen LogP contribution in [0.15, 0.2) is 0 Å². The summed E-state index contributed by atoms with van der Waals surface area (Å²) in [6.45, 7) is 0.670. The molecule has 1 saturated heterocycles. The lowest BCUT2D eigenvalue weighted by Crippen LogP contribution is -2.46. The van der Waals surface area contributed by atoms with E-state index >= 15 is 0 Å². The Hall–Kier alpha value is -0.130. The molecule has 19 heavy (non-hydrogen) atoms. The van der Waals surface area contributed by atoms with Gasteiger partial charge in [0.2, 0.25) is 10.0 Å². The van der Waals surface area contributed by atoms with Gasteiger partial charge in [-0.25, -0.2) is 8.42 Å². The Morgan fingerprint density at radius 1 is 1.00 bits per heavy atom. The highest BCUT2D eigenvalue weighted by molar-refractivity contribution is 7.89. The van der Waals surface area contributed by atoms with Crippen molar-refractivity contribution in [3.63, 3.8) is 0 Å². The molecule has 2 saturated carbocycles. The maximum absolute atomic E-state index is 12.5. The third-order valence-corrected chi connectivity index (χ3v) is 7.09. The molecule has 0 aromatic heterocycles. The van der Waals surface area contributed by atoms with Crippen molar-refractivity contribution in [2.24, 2.45) is 11.8 Å². The number of hydrogen-bond donors (Lipinski definition) is 1. The number of aliphatic hydroxyl groups excluding tert-OH is 1. The highest BCUT2D eigenvalue weighted by atomic mass is 32.2. The second-order valence-electron chi connectivity index (χ2n) is 6.56. The second-order valence-corrected chi connectivity index (χ2v) is 8.52. The summed E-state index contributed by atoms with van der Waals surface area (Å²) < 4.78 is 26.7. The van der Waals surface area contributed by atoms with Gasteiger partial charge < -0.3 is 5.11 Å². The average molecular weight is 287 g/mol. The molecule has 110 valence electrons. The van der Waals surface area contributed by atoms with E-state index in [1.165, 1.54) is 0 Å². The maximum Gasteiger partial charge on any atom is 0.214 e. The number of sulfonamides is 1. The van der Waals surface area contributed by atoms with Crippen molar-refractivity contribution in [2.75, 3.05) is 12.3 Å². The van der Waals surface area contributed by atoms with Crippen LogP contribution in [-0.2, 0) is 10.0 Å². The SMILES string of the molecule is O=S(=O)(CC1CC1)N1CCCC1C1CCCCC1O. The minimum Gasteiger partial charge on any atom is -0.393 e. The summed E-state index contributed by atoms with van der Waals surface area (Å²) in [4.78, 5) is 0. The molecule has 0 aromatic carbocycles. The molecule has 5 heteroatoms. The van der Waals surface area contributed by atoms with Gasteiger partial charge in [-0.15, -0.1) is 0 Å². The third-order valence-electron chi connectivity index (χ3n) is 5.02. The third kappa shape index (κ3) is 2.98. The molecule has 3 unspecified atom stereocenters. The number of aliphatic hydroxyl groups is 1. The van der Waals surface area contributed by atoms with Crippen LogP contribution >= 0.6 is 0 Å². The van der Waals surface area contributed by atoms with Gasteiger partial charge in [0.25, 0.3) is 0 Å². The van der Waals surface area contributed by atoms with Crippen LogP contribution in [-0.4, -0.2) is 42.3 Å². The zero-order chi connectivity index (χ0) is 13.5. The summed E-state index contributed by atoms with van der Waals surface area (Å²) in [5.41, 5.74) is 0. The molecule has 3 aliphatic rings. The number of nitrogens with zero attached hydrogens (tertiary/aromatic N) is 1. The Bertz CT molecular complexity index is 418. The summed E-state index contributed by atoms with van der Waals surface area (Å²) in [6.07, 6.45) is 7.79. The molecule has 3 fully saturated rings. The van der Waals surface area contributed by atoms with Crippen LogP contribution in [0.3, 0.4) is 0 Å². The van der Waals surface area contributed by atoms with E-state index in [4.69, 9.17) is 0 Å². The van der Waals surface area contributed by atoms with E-state index in [2.05, 4.69) is 0 Å². The van der Waals surface area contributed by atoms with E-state index in [1.807, 2.05) is 0 Å². The highest BCUT2D eigenvalue weighted by Crippen LogP contribution is 2.38. The molecular formula is C14H25NO3S. The zero-order valence-corrected chi connectivity index (χ0v) is 12.3. The summed E-state index contributed by atoms with van der Waals surface area (Å²) in [5.74, 6) is 0.916. The molecule has 3 atom stereocenters. The standard InChI is InChI=1S/C14H25NO3S/c16-14-6-2-1-4-12(14)13-5-3-9-15(13)19(17,18)10-11-7-8-11/h11-14,16H,1-10H2. The highest BCUT2D eigenvalue weighted by Gasteiger charge is 2.43. The van der Waals surface area contributed by atoms with Crippen molar-refractivity contribution in [1.82, 2.24) is 4.31 Å². The van der Waals surface area contributed by atoms with Gasteiger partial charge in [-0.2, -0.15) is 4.31 Å². The van der Waals surface area contributed by atoms with Crippen LogP contribution in [0.25, 0.3) is 0 Å². The fourth-order valence-electron chi connectivity index (χ4n) is 3.81. The van der Waals surface area contributed by atoms with Gasteiger partial charge in [0.1, 0.15) is 0 Å². The summed E-state index contributed by atoms with van der Waals surface area (Å²) in [6, 6.07) is 0.0686. The lowest BCUT2D eigenvalue weighted by molar-refractivity contribution is 0.0386. The van der Waals surface area contributed by atoms with Crippen LogP contribution in [0.2, 0.25) is 0 Å². The number of rotatable bonds is 4. The molecule has 3 rings (SSSR count). The second kappa shape index (κ2) is 5.34. The fourth-order valence-corrected chi connectivity index (χ4v) is 6.01. The average Bonchev–Trinajstić information content (AvgIpc) is 3.02. The first kappa shape index (κ1) is 13.8. The van der Waals surface area contributed by atoms with Crippen molar-refractivity contribution in [3.8, 4) is 0 Å². The Morgan fingerprint density at radius 2 is 1.74 bits per heavy atom. The monoisotopic (exact) mass is 287 g/mol. The topological polar surface area (TPSA) is 57.6 Å². The predicted molar refractivity (Wildman–Crippen MR) is 74.2 cm³/mol. The summed E-state index contributed by atoms with van der Waals surface area (Å²) in [5, 5.41) is 10.2. The Morgan fingerprint density at radius 3 is 2.42 bits per heavy atom. The van der Waals surface area contributed by atoms with Crippen molar-refractivity contribution in [2.45, 2.75) is 63.5 Å². The van der Waals surface area contributed by atoms with E-state index in [-0.39, 0.29) is 18.1 Å². The van der Waals surface area contributed by atoms with Gasteiger partial charge >= 0.3 is 0 Å². The summed E-state index contributed by atoms with van der Waals surface area (Å²) >= 11 is 0. The first-order chi connectivity index (χ1) is 9.08. The molecular weight excluding hydrogens is 262 g/mol. The van der Waals surface area contributed by atoms with E-state index in [0.29, 0.717) is 18.2 Å². The molecule has 1 N–H and O–H groups in total. The molecule has 0 amide bonds. The quantitative estimate of drug-likeness (QED) is 0.857. The zero-order valence-electron chi connectivity index (χ0n) is 11.5. The van der Waals surface area contributed by atoms with Crippen molar-refractivity contribution in [3.05, 3.63) is 0 Å². The molecule has 1 aliphatic heterocycles. The normalized spacial score (nSPS) is 37.6. The van der Waals surface area contributed by atoms with Crippen LogP contribution in [0.1, 0.15) is 51.4 Å². The van der Waals surface area contributed by atoms with Gasteiger partial charge in [-0.1, -0.05) is 12.8 Å². The van der Waals surface area contributed by atoms with Crippen molar-refractivity contribution >= 4 is 10.0 Å². The predicted octanol–water partition coefficient (Wildman–Crippen LogP) is 1.74. The minimum atomic E-state index is -3.10. The van der Waals surface area contributed by atoms with Gasteiger partial charge in [0.15, 0.2) is 0 Å². The largest absolute Gasteiger partial charge is 0.393 e. The van der Waals surface area contributed by atoms with Gasteiger partial charge in [-0.05, 0) is 44.4 Å². The van der Waals surface area contributed by atoms with E-state index in [1.54, 1.807) is 4.31 Å². The molecule has 4 nitrogen and oxygen atoms in total. The lowest BCUT2D eigenvalue weighted by atomic mass is 9.81. The Balaban J connectivity index is 1.72. The maximum atomic E-state index is 12.5. The van der Waals surface area contributed by atoms with Crippen LogP contribution < -0.4 is 0 Å². The van der Waals surface area contributed by atoms with Crippen LogP contribution in [0.4, 0.5) is 0 Å². The molecule has 0 spiro atoms. The van der Waals surface area contributed by atoms with Crippen molar-refractivity contribution < 1.29 is 13.5 Å². The number of hydrogen-bond acceptors (Lipinski definition) is 3. The van der Waals surface area contributed by atoms with Gasteiger partial charge in [0, 0.05) is 18.5 Å².